The van der Waals surface area contributed by atoms with Gasteiger partial charge in [-0.05, 0) is 85.6 Å². The summed E-state index contributed by atoms with van der Waals surface area (Å²) in [5.41, 5.74) is 10.00. The van der Waals surface area contributed by atoms with Crippen LogP contribution in [0.2, 0.25) is 19.6 Å². The van der Waals surface area contributed by atoms with Gasteiger partial charge in [0.25, 0.3) is 0 Å². The van der Waals surface area contributed by atoms with E-state index in [4.69, 9.17) is 0 Å². The van der Waals surface area contributed by atoms with E-state index in [0.717, 1.165) is 0 Å². The molecule has 0 aliphatic rings. The Kier molecular flexibility index (Phi) is 6.78. The Hall–Kier alpha value is -4.76. The first-order chi connectivity index (χ1) is 21.9. The highest BCUT2D eigenvalue weighted by atomic mass is 32.1. The number of hydrogen-bond acceptors (Lipinski definition) is 1. The second-order valence-corrected chi connectivity index (χ2v) is 19.2. The average molecular weight is 611 g/mol. The summed E-state index contributed by atoms with van der Waals surface area (Å²) in [5.74, 6) is 0. The number of rotatable bonds is 5. The zero-order chi connectivity index (χ0) is 30.5. The minimum absolute atomic E-state index is 1.23. The van der Waals surface area contributed by atoms with Crippen LogP contribution in [0.5, 0.6) is 0 Å². The maximum absolute atomic E-state index is 2.40. The van der Waals surface area contributed by atoms with Crippen LogP contribution in [-0.4, -0.2) is 8.07 Å². The summed E-state index contributed by atoms with van der Waals surface area (Å²) in [7, 11) is -1.29. The van der Waals surface area contributed by atoms with Crippen molar-refractivity contribution in [3.63, 3.8) is 0 Å². The highest BCUT2D eigenvalue weighted by Gasteiger charge is 2.16. The van der Waals surface area contributed by atoms with Crippen molar-refractivity contribution in [2.75, 3.05) is 0 Å². The van der Waals surface area contributed by atoms with Gasteiger partial charge in [0.2, 0.25) is 0 Å². The van der Waals surface area contributed by atoms with Crippen molar-refractivity contribution in [2.24, 2.45) is 0 Å². The number of thiophene rings is 1. The van der Waals surface area contributed by atoms with Gasteiger partial charge in [-0.2, -0.15) is 0 Å². The minimum Gasteiger partial charge on any atom is -0.135 e. The maximum Gasteiger partial charge on any atom is 0.0775 e. The van der Waals surface area contributed by atoms with Crippen LogP contribution in [0.15, 0.2) is 152 Å². The third-order valence-corrected chi connectivity index (χ3v) is 12.3. The smallest absolute Gasteiger partial charge is 0.0775 e. The molecule has 0 saturated heterocycles. The molecule has 45 heavy (non-hydrogen) atoms. The van der Waals surface area contributed by atoms with Gasteiger partial charge in [-0.1, -0.05) is 146 Å². The molecule has 8 rings (SSSR count). The molecule has 0 unspecified atom stereocenters. The quantitative estimate of drug-likeness (QED) is 0.170. The van der Waals surface area contributed by atoms with Gasteiger partial charge >= 0.3 is 0 Å². The summed E-state index contributed by atoms with van der Waals surface area (Å²) in [4.78, 5) is 0. The summed E-state index contributed by atoms with van der Waals surface area (Å²) in [6.07, 6.45) is 0. The van der Waals surface area contributed by atoms with Gasteiger partial charge in [0.1, 0.15) is 0 Å². The first kappa shape index (κ1) is 27.8. The first-order valence-corrected chi connectivity index (χ1v) is 20.0. The zero-order valence-electron chi connectivity index (χ0n) is 25.8. The lowest BCUT2D eigenvalue weighted by molar-refractivity contribution is 1.59. The number of hydrogen-bond donors (Lipinski definition) is 0. The van der Waals surface area contributed by atoms with Crippen LogP contribution in [0.3, 0.4) is 0 Å². The molecule has 0 aliphatic carbocycles. The molecule has 0 nitrogen and oxygen atoms in total. The van der Waals surface area contributed by atoms with Gasteiger partial charge in [0.05, 0.1) is 8.07 Å². The van der Waals surface area contributed by atoms with Crippen molar-refractivity contribution >= 4 is 55.5 Å². The molecule has 0 radical (unpaired) electrons. The van der Waals surface area contributed by atoms with Gasteiger partial charge < -0.3 is 0 Å². The van der Waals surface area contributed by atoms with E-state index >= 15 is 0 Å². The molecule has 0 atom stereocenters. The van der Waals surface area contributed by atoms with Crippen LogP contribution < -0.4 is 5.19 Å². The van der Waals surface area contributed by atoms with E-state index in [-0.39, 0.29) is 0 Å². The SMILES string of the molecule is C[Si](C)(C)c1ccc(-c2ccc(-c3ccc4ccc(-c5ccc(-c6ccc7sc8ccccc8c7c6)cc5)cc4c3)cc2)cc1. The van der Waals surface area contributed by atoms with Crippen LogP contribution >= 0.6 is 11.3 Å². The minimum atomic E-state index is -1.29. The van der Waals surface area contributed by atoms with Gasteiger partial charge in [-0.15, -0.1) is 11.3 Å². The molecular weight excluding hydrogens is 577 g/mol. The second kappa shape index (κ2) is 11.0. The lowest BCUT2D eigenvalue weighted by Gasteiger charge is -2.16. The van der Waals surface area contributed by atoms with Gasteiger partial charge in [-0.3, -0.25) is 0 Å². The Morgan fingerprint density at radius 3 is 1.33 bits per heavy atom. The Balaban J connectivity index is 1.06. The van der Waals surface area contributed by atoms with Crippen molar-refractivity contribution in [1.82, 2.24) is 0 Å². The molecule has 0 N–H and O–H groups in total. The lowest BCUT2D eigenvalue weighted by Crippen LogP contribution is -2.37. The van der Waals surface area contributed by atoms with E-state index in [1.165, 1.54) is 80.6 Å². The Morgan fingerprint density at radius 1 is 0.356 bits per heavy atom. The Bertz CT molecular complexity index is 2320. The predicted octanol–water partition coefficient (Wildman–Crippen LogP) is 12.4. The lowest BCUT2D eigenvalue weighted by atomic mass is 9.95. The molecule has 1 heterocycles. The fourth-order valence-electron chi connectivity index (χ4n) is 6.38. The highest BCUT2D eigenvalue weighted by Crippen LogP contribution is 2.37. The van der Waals surface area contributed by atoms with Crippen molar-refractivity contribution in [1.29, 1.82) is 0 Å². The standard InChI is InChI=1S/C43H34SSi/c1-45(2,3)39-23-20-30(21-24-39)29-8-10-31(11-9-29)35-18-16-34-17-19-36(27-38(34)26-35)32-12-14-33(15-13-32)37-22-25-43-41(28-37)40-6-4-5-7-42(40)44-43/h4-28H,1-3H3. The van der Waals surface area contributed by atoms with Crippen molar-refractivity contribution in [3.05, 3.63) is 152 Å². The monoisotopic (exact) mass is 610 g/mol. The molecule has 0 spiro atoms. The summed E-state index contributed by atoms with van der Waals surface area (Å²) < 4.78 is 2.69. The fourth-order valence-corrected chi connectivity index (χ4v) is 8.64. The summed E-state index contributed by atoms with van der Waals surface area (Å²) in [6.45, 7) is 7.19. The van der Waals surface area contributed by atoms with Crippen molar-refractivity contribution in [2.45, 2.75) is 19.6 Å². The predicted molar refractivity (Wildman–Crippen MR) is 202 cm³/mol. The highest BCUT2D eigenvalue weighted by molar-refractivity contribution is 7.25. The summed E-state index contributed by atoms with van der Waals surface area (Å²) in [5, 5.41) is 6.70. The summed E-state index contributed by atoms with van der Waals surface area (Å²) in [6, 6.07) is 56.4. The van der Waals surface area contributed by atoms with Crippen LogP contribution in [0, 0.1) is 0 Å². The average Bonchev–Trinajstić information content (AvgIpc) is 3.46. The fraction of sp³-hybridized carbons (Fsp3) is 0.0698. The maximum atomic E-state index is 2.40. The molecule has 0 aliphatic heterocycles. The zero-order valence-corrected chi connectivity index (χ0v) is 27.7. The topological polar surface area (TPSA) is 0 Å². The first-order valence-electron chi connectivity index (χ1n) is 15.7. The third kappa shape index (κ3) is 5.31. The molecule has 0 fully saturated rings. The third-order valence-electron chi connectivity index (χ3n) is 9.07. The van der Waals surface area contributed by atoms with E-state index in [1.807, 2.05) is 11.3 Å². The Labute approximate surface area is 270 Å². The molecule has 0 amide bonds. The van der Waals surface area contributed by atoms with Crippen molar-refractivity contribution < 1.29 is 0 Å². The molecule has 7 aromatic carbocycles. The molecular formula is C43H34SSi. The summed E-state index contributed by atoms with van der Waals surface area (Å²) >= 11 is 1.87. The molecule has 0 saturated carbocycles. The van der Waals surface area contributed by atoms with Crippen molar-refractivity contribution in [3.8, 4) is 44.5 Å². The second-order valence-electron chi connectivity index (χ2n) is 13.1. The van der Waals surface area contributed by atoms with E-state index in [1.54, 1.807) is 0 Å². The largest absolute Gasteiger partial charge is 0.135 e. The molecule has 1 aromatic heterocycles. The van der Waals surface area contributed by atoms with E-state index in [0.29, 0.717) is 0 Å². The van der Waals surface area contributed by atoms with Crippen LogP contribution in [0.1, 0.15) is 0 Å². The number of fused-ring (bicyclic) bond motifs is 4. The van der Waals surface area contributed by atoms with Crippen LogP contribution in [-0.2, 0) is 0 Å². The van der Waals surface area contributed by atoms with E-state index in [9.17, 15) is 0 Å². The van der Waals surface area contributed by atoms with Crippen LogP contribution in [0.25, 0.3) is 75.5 Å². The van der Waals surface area contributed by atoms with E-state index < -0.39 is 8.07 Å². The van der Waals surface area contributed by atoms with Gasteiger partial charge in [-0.25, -0.2) is 0 Å². The van der Waals surface area contributed by atoms with Gasteiger partial charge in [0, 0.05) is 20.2 Å². The van der Waals surface area contributed by atoms with Crippen LogP contribution in [0.4, 0.5) is 0 Å². The molecule has 2 heteroatoms. The Morgan fingerprint density at radius 2 is 0.778 bits per heavy atom. The normalized spacial score (nSPS) is 11.9. The molecule has 216 valence electrons. The van der Waals surface area contributed by atoms with Gasteiger partial charge in [0.15, 0.2) is 0 Å². The molecule has 8 aromatic rings. The molecule has 0 bridgehead atoms. The van der Waals surface area contributed by atoms with E-state index in [2.05, 4.69) is 171 Å². The number of benzene rings is 7.